The third-order valence-electron chi connectivity index (χ3n) is 6.51. The smallest absolute Gasteiger partial charge is 0.261 e. The standard InChI is InChI=1S/C26H31ClN4O2/c1-19(29-13-15-30(16-14-29)25(33)26(2,3)18-27)23-28-22-12-8-7-11-21(22)24(32)31(23)17-20-9-5-4-6-10-20/h4-12,19H,13-18H2,1-3H3. The van der Waals surface area contributed by atoms with Crippen LogP contribution >= 0.6 is 11.6 Å². The minimum absolute atomic E-state index is 0.0241. The van der Waals surface area contributed by atoms with Gasteiger partial charge in [-0.15, -0.1) is 11.6 Å². The number of carbonyl (C=O) groups excluding carboxylic acids is 1. The molecule has 1 aromatic heterocycles. The fourth-order valence-corrected chi connectivity index (χ4v) is 4.50. The van der Waals surface area contributed by atoms with Crippen molar-refractivity contribution in [3.8, 4) is 0 Å². The molecule has 3 aromatic rings. The summed E-state index contributed by atoms with van der Waals surface area (Å²) in [6.45, 7) is 9.06. The van der Waals surface area contributed by atoms with Gasteiger partial charge in [-0.1, -0.05) is 42.5 Å². The summed E-state index contributed by atoms with van der Waals surface area (Å²) >= 11 is 6.01. The van der Waals surface area contributed by atoms with Gasteiger partial charge in [0.1, 0.15) is 5.82 Å². The van der Waals surface area contributed by atoms with Gasteiger partial charge in [0.25, 0.3) is 5.56 Å². The Kier molecular flexibility index (Phi) is 6.86. The zero-order chi connectivity index (χ0) is 23.6. The van der Waals surface area contributed by atoms with Crippen molar-refractivity contribution in [3.05, 3.63) is 76.3 Å². The molecule has 6 nitrogen and oxygen atoms in total. The number of aromatic nitrogens is 2. The number of amides is 1. The van der Waals surface area contributed by atoms with Crippen LogP contribution in [0, 0.1) is 5.41 Å². The molecule has 1 unspecified atom stereocenters. The number of rotatable bonds is 6. The Balaban J connectivity index is 1.63. The van der Waals surface area contributed by atoms with Gasteiger partial charge in [0.15, 0.2) is 0 Å². The van der Waals surface area contributed by atoms with E-state index >= 15 is 0 Å². The van der Waals surface area contributed by atoms with Crippen LogP contribution in [-0.2, 0) is 11.3 Å². The molecule has 0 aliphatic carbocycles. The van der Waals surface area contributed by atoms with Gasteiger partial charge in [0.2, 0.25) is 5.91 Å². The highest BCUT2D eigenvalue weighted by molar-refractivity contribution is 6.19. The summed E-state index contributed by atoms with van der Waals surface area (Å²) in [5, 5.41) is 0.628. The lowest BCUT2D eigenvalue weighted by atomic mass is 9.94. The van der Waals surface area contributed by atoms with Crippen molar-refractivity contribution >= 4 is 28.4 Å². The van der Waals surface area contributed by atoms with E-state index in [1.165, 1.54) is 0 Å². The van der Waals surface area contributed by atoms with Gasteiger partial charge < -0.3 is 4.90 Å². The van der Waals surface area contributed by atoms with E-state index < -0.39 is 5.41 Å². The molecule has 33 heavy (non-hydrogen) atoms. The third kappa shape index (κ3) is 4.82. The minimum Gasteiger partial charge on any atom is -0.340 e. The van der Waals surface area contributed by atoms with Crippen molar-refractivity contribution in [2.45, 2.75) is 33.4 Å². The molecule has 0 saturated carbocycles. The topological polar surface area (TPSA) is 58.4 Å². The first kappa shape index (κ1) is 23.5. The van der Waals surface area contributed by atoms with Crippen LogP contribution in [0.4, 0.5) is 0 Å². The zero-order valence-corrected chi connectivity index (χ0v) is 20.3. The van der Waals surface area contributed by atoms with E-state index in [2.05, 4.69) is 11.8 Å². The predicted octanol–water partition coefficient (Wildman–Crippen LogP) is 3.92. The number of piperazine rings is 1. The second-order valence-corrected chi connectivity index (χ2v) is 9.65. The number of carbonyl (C=O) groups is 1. The molecule has 1 fully saturated rings. The number of halogens is 1. The summed E-state index contributed by atoms with van der Waals surface area (Å²) in [6, 6.07) is 17.4. The summed E-state index contributed by atoms with van der Waals surface area (Å²) in [6.07, 6.45) is 0. The predicted molar refractivity (Wildman–Crippen MR) is 133 cm³/mol. The van der Waals surface area contributed by atoms with Crippen molar-refractivity contribution in [3.63, 3.8) is 0 Å². The normalized spacial score (nSPS) is 16.2. The highest BCUT2D eigenvalue weighted by Gasteiger charge is 2.34. The number of hydrogen-bond donors (Lipinski definition) is 0. The molecule has 0 N–H and O–H groups in total. The Morgan fingerprint density at radius 2 is 1.67 bits per heavy atom. The maximum Gasteiger partial charge on any atom is 0.261 e. The van der Waals surface area contributed by atoms with E-state index in [1.54, 1.807) is 4.57 Å². The Labute approximate surface area is 199 Å². The van der Waals surface area contributed by atoms with Gasteiger partial charge in [0.05, 0.1) is 28.9 Å². The highest BCUT2D eigenvalue weighted by Crippen LogP contribution is 2.25. The van der Waals surface area contributed by atoms with Gasteiger partial charge >= 0.3 is 0 Å². The molecule has 1 aliphatic heterocycles. The molecule has 1 aliphatic rings. The van der Waals surface area contributed by atoms with Gasteiger partial charge in [-0.05, 0) is 38.5 Å². The van der Waals surface area contributed by atoms with Crippen LogP contribution in [0.1, 0.15) is 38.2 Å². The number of para-hydroxylation sites is 1. The van der Waals surface area contributed by atoms with Gasteiger partial charge in [0, 0.05) is 32.1 Å². The maximum absolute atomic E-state index is 13.5. The summed E-state index contributed by atoms with van der Waals surface area (Å²) in [7, 11) is 0. The van der Waals surface area contributed by atoms with Crippen molar-refractivity contribution in [2.24, 2.45) is 5.41 Å². The molecule has 7 heteroatoms. The molecule has 174 valence electrons. The SMILES string of the molecule is CC(c1nc2ccccc2c(=O)n1Cc1ccccc1)N1CCN(C(=O)C(C)(C)CCl)CC1. The molecule has 1 atom stereocenters. The first-order valence-corrected chi connectivity index (χ1v) is 12.0. The molecule has 1 amide bonds. The summed E-state index contributed by atoms with van der Waals surface area (Å²) < 4.78 is 1.80. The van der Waals surface area contributed by atoms with Gasteiger partial charge in [-0.25, -0.2) is 4.98 Å². The van der Waals surface area contributed by atoms with Crippen LogP contribution < -0.4 is 5.56 Å². The molecule has 0 bridgehead atoms. The Morgan fingerprint density at radius 3 is 2.33 bits per heavy atom. The molecule has 2 heterocycles. The van der Waals surface area contributed by atoms with E-state index in [0.29, 0.717) is 36.4 Å². The fraction of sp³-hybridized carbons (Fsp3) is 0.423. The minimum atomic E-state index is -0.564. The molecular formula is C26H31ClN4O2. The van der Waals surface area contributed by atoms with E-state index in [4.69, 9.17) is 16.6 Å². The first-order chi connectivity index (χ1) is 15.8. The monoisotopic (exact) mass is 466 g/mol. The van der Waals surface area contributed by atoms with Crippen LogP contribution in [0.2, 0.25) is 0 Å². The van der Waals surface area contributed by atoms with E-state index in [9.17, 15) is 9.59 Å². The van der Waals surface area contributed by atoms with Crippen LogP contribution in [-0.4, -0.2) is 57.3 Å². The van der Waals surface area contributed by atoms with Crippen molar-refractivity contribution in [1.29, 1.82) is 0 Å². The number of fused-ring (bicyclic) bond motifs is 1. The number of alkyl halides is 1. The Bertz CT molecular complexity index is 1180. The van der Waals surface area contributed by atoms with Gasteiger partial charge in [-0.3, -0.25) is 19.1 Å². The number of nitrogens with zero attached hydrogens (tertiary/aromatic N) is 4. The fourth-order valence-electron chi connectivity index (χ4n) is 4.38. The average Bonchev–Trinajstić information content (AvgIpc) is 2.85. The van der Waals surface area contributed by atoms with Gasteiger partial charge in [-0.2, -0.15) is 0 Å². The van der Waals surface area contributed by atoms with Crippen LogP contribution in [0.15, 0.2) is 59.4 Å². The lowest BCUT2D eigenvalue weighted by Gasteiger charge is -2.40. The number of hydrogen-bond acceptors (Lipinski definition) is 4. The molecule has 1 saturated heterocycles. The first-order valence-electron chi connectivity index (χ1n) is 11.4. The highest BCUT2D eigenvalue weighted by atomic mass is 35.5. The Morgan fingerprint density at radius 1 is 1.03 bits per heavy atom. The largest absolute Gasteiger partial charge is 0.340 e. The average molecular weight is 467 g/mol. The quantitative estimate of drug-likeness (QED) is 0.517. The zero-order valence-electron chi connectivity index (χ0n) is 19.5. The van der Waals surface area contributed by atoms with E-state index in [1.807, 2.05) is 73.3 Å². The summed E-state index contributed by atoms with van der Waals surface area (Å²) in [4.78, 5) is 35.4. The summed E-state index contributed by atoms with van der Waals surface area (Å²) in [5.41, 5.74) is 1.19. The molecule has 4 rings (SSSR count). The molecule has 2 aromatic carbocycles. The lowest BCUT2D eigenvalue weighted by molar-refractivity contribution is -0.141. The second kappa shape index (κ2) is 9.65. The summed E-state index contributed by atoms with van der Waals surface area (Å²) in [5.74, 6) is 1.15. The molecule has 0 radical (unpaired) electrons. The number of benzene rings is 2. The molecular weight excluding hydrogens is 436 g/mol. The second-order valence-electron chi connectivity index (χ2n) is 9.39. The van der Waals surface area contributed by atoms with E-state index in [0.717, 1.165) is 24.5 Å². The Hall–Kier alpha value is -2.70. The van der Waals surface area contributed by atoms with Crippen molar-refractivity contribution in [2.75, 3.05) is 32.1 Å². The molecule has 0 spiro atoms. The van der Waals surface area contributed by atoms with E-state index in [-0.39, 0.29) is 17.5 Å². The van der Waals surface area contributed by atoms with Crippen LogP contribution in [0.25, 0.3) is 10.9 Å². The van der Waals surface area contributed by atoms with Crippen LogP contribution in [0.5, 0.6) is 0 Å². The third-order valence-corrected chi connectivity index (χ3v) is 7.18. The lowest BCUT2D eigenvalue weighted by Crippen LogP contribution is -2.53. The van der Waals surface area contributed by atoms with Crippen molar-refractivity contribution in [1.82, 2.24) is 19.4 Å². The van der Waals surface area contributed by atoms with Crippen LogP contribution in [0.3, 0.4) is 0 Å². The van der Waals surface area contributed by atoms with Crippen molar-refractivity contribution < 1.29 is 4.79 Å². The maximum atomic E-state index is 13.5.